The maximum Gasteiger partial charge on any atom is 0.250 e. The molecule has 34 heavy (non-hydrogen) atoms. The number of carbonyl (C=O) groups excluding carboxylic acids is 1. The third-order valence-corrected chi connectivity index (χ3v) is 6.59. The lowest BCUT2D eigenvalue weighted by Crippen LogP contribution is -2.07. The molecular weight excluding hydrogens is 470 g/mol. The molecular formula is C24H23N5O3S2. The molecule has 0 aliphatic rings. The van der Waals surface area contributed by atoms with Gasteiger partial charge in [-0.25, -0.2) is 4.68 Å². The van der Waals surface area contributed by atoms with E-state index >= 15 is 0 Å². The van der Waals surface area contributed by atoms with Gasteiger partial charge in [0.15, 0.2) is 15.8 Å². The van der Waals surface area contributed by atoms with Crippen LogP contribution in [0.25, 0.3) is 23.0 Å². The van der Waals surface area contributed by atoms with E-state index < -0.39 is 0 Å². The van der Waals surface area contributed by atoms with Crippen LogP contribution in [0.2, 0.25) is 0 Å². The number of thioether (sulfide) groups is 1. The van der Waals surface area contributed by atoms with Crippen LogP contribution in [0.4, 0.5) is 5.13 Å². The highest BCUT2D eigenvalue weighted by Crippen LogP contribution is 2.34. The Morgan fingerprint density at radius 3 is 2.65 bits per heavy atom. The van der Waals surface area contributed by atoms with Crippen LogP contribution in [0.1, 0.15) is 12.5 Å². The molecule has 8 nitrogen and oxygen atoms in total. The molecule has 0 atom stereocenters. The Kier molecular flexibility index (Phi) is 7.61. The average molecular weight is 494 g/mol. The Morgan fingerprint density at radius 2 is 1.91 bits per heavy atom. The second-order valence-electron chi connectivity index (χ2n) is 6.91. The SMILES string of the molecule is CCSc1nnc(NC(=O)/C=C/c2cn(-c3ccccc3)nc2-c2ccc(OC)c(OC)c2)s1. The highest BCUT2D eigenvalue weighted by Gasteiger charge is 2.14. The van der Waals surface area contributed by atoms with Gasteiger partial charge in [0, 0.05) is 23.4 Å². The number of anilines is 1. The molecule has 2 aromatic heterocycles. The van der Waals surface area contributed by atoms with Crippen molar-refractivity contribution in [3.8, 4) is 28.4 Å². The first-order chi connectivity index (χ1) is 16.6. The molecule has 0 fully saturated rings. The molecule has 1 N–H and O–H groups in total. The summed E-state index contributed by atoms with van der Waals surface area (Å²) < 4.78 is 13.4. The third kappa shape index (κ3) is 5.46. The maximum atomic E-state index is 12.5. The number of para-hydroxylation sites is 1. The molecule has 4 rings (SSSR count). The predicted molar refractivity (Wildman–Crippen MR) is 136 cm³/mol. The number of hydrogen-bond acceptors (Lipinski definition) is 8. The number of benzene rings is 2. The van der Waals surface area contributed by atoms with Crippen molar-refractivity contribution in [1.29, 1.82) is 0 Å². The smallest absolute Gasteiger partial charge is 0.250 e. The van der Waals surface area contributed by atoms with Gasteiger partial charge >= 0.3 is 0 Å². The Hall–Kier alpha value is -3.63. The van der Waals surface area contributed by atoms with E-state index in [0.29, 0.717) is 22.3 Å². The van der Waals surface area contributed by atoms with E-state index in [4.69, 9.17) is 14.6 Å². The minimum Gasteiger partial charge on any atom is -0.493 e. The van der Waals surface area contributed by atoms with Gasteiger partial charge in [0.2, 0.25) is 11.0 Å². The summed E-state index contributed by atoms with van der Waals surface area (Å²) in [6, 6.07) is 15.4. The Morgan fingerprint density at radius 1 is 1.12 bits per heavy atom. The second kappa shape index (κ2) is 11.0. The average Bonchev–Trinajstić information content (AvgIpc) is 3.50. The van der Waals surface area contributed by atoms with E-state index in [2.05, 4.69) is 15.5 Å². The van der Waals surface area contributed by atoms with Crippen molar-refractivity contribution in [2.75, 3.05) is 25.3 Å². The number of aromatic nitrogens is 4. The zero-order valence-electron chi connectivity index (χ0n) is 18.9. The molecule has 174 valence electrons. The van der Waals surface area contributed by atoms with Gasteiger partial charge in [-0.15, -0.1) is 10.2 Å². The zero-order valence-corrected chi connectivity index (χ0v) is 20.5. The van der Waals surface area contributed by atoms with Crippen LogP contribution >= 0.6 is 23.1 Å². The first-order valence-corrected chi connectivity index (χ1v) is 12.2. The monoisotopic (exact) mass is 493 g/mol. The highest BCUT2D eigenvalue weighted by atomic mass is 32.2. The fourth-order valence-corrected chi connectivity index (χ4v) is 4.84. The van der Waals surface area contributed by atoms with E-state index in [1.807, 2.05) is 61.7 Å². The van der Waals surface area contributed by atoms with Gasteiger partial charge in [0.1, 0.15) is 5.69 Å². The molecule has 2 aromatic carbocycles. The van der Waals surface area contributed by atoms with Gasteiger partial charge in [-0.3, -0.25) is 10.1 Å². The fourth-order valence-electron chi connectivity index (χ4n) is 3.18. The lowest BCUT2D eigenvalue weighted by molar-refractivity contribution is -0.111. The summed E-state index contributed by atoms with van der Waals surface area (Å²) in [6.07, 6.45) is 5.08. The van der Waals surface area contributed by atoms with Crippen molar-refractivity contribution >= 4 is 40.2 Å². The molecule has 10 heteroatoms. The van der Waals surface area contributed by atoms with Crippen LogP contribution in [0.3, 0.4) is 0 Å². The van der Waals surface area contributed by atoms with Gasteiger partial charge in [0.25, 0.3) is 0 Å². The Labute approximate surface area is 205 Å². The van der Waals surface area contributed by atoms with Gasteiger partial charge in [0.05, 0.1) is 19.9 Å². The fraction of sp³-hybridized carbons (Fsp3) is 0.167. The second-order valence-corrected chi connectivity index (χ2v) is 9.40. The van der Waals surface area contributed by atoms with E-state index in [-0.39, 0.29) is 5.91 Å². The summed E-state index contributed by atoms with van der Waals surface area (Å²) in [5, 5.41) is 16.1. The number of ether oxygens (including phenoxy) is 2. The maximum absolute atomic E-state index is 12.5. The minimum absolute atomic E-state index is 0.296. The summed E-state index contributed by atoms with van der Waals surface area (Å²) in [4.78, 5) is 12.5. The number of carbonyl (C=O) groups is 1. The van der Waals surface area contributed by atoms with E-state index in [1.54, 1.807) is 36.7 Å². The number of rotatable bonds is 9. The molecule has 0 saturated carbocycles. The summed E-state index contributed by atoms with van der Waals surface area (Å²) in [5.41, 5.74) is 3.21. The molecule has 0 spiro atoms. The van der Waals surface area contributed by atoms with Crippen LogP contribution in [0.15, 0.2) is 65.1 Å². The molecule has 0 bridgehead atoms. The van der Waals surface area contributed by atoms with Crippen LogP contribution in [0, 0.1) is 0 Å². The molecule has 0 aliphatic carbocycles. The normalized spacial score (nSPS) is 11.0. The van der Waals surface area contributed by atoms with E-state index in [9.17, 15) is 4.79 Å². The lowest BCUT2D eigenvalue weighted by Gasteiger charge is -2.09. The summed E-state index contributed by atoms with van der Waals surface area (Å²) >= 11 is 2.93. The largest absolute Gasteiger partial charge is 0.493 e. The van der Waals surface area contributed by atoms with E-state index in [0.717, 1.165) is 26.9 Å². The molecule has 0 unspecified atom stereocenters. The standard InChI is InChI=1S/C24H23N5O3S2/c1-4-33-24-27-26-23(34-24)25-21(30)13-11-17-15-29(18-8-6-5-7-9-18)28-22(17)16-10-12-19(31-2)20(14-16)32-3/h5-15H,4H2,1-3H3,(H,25,26,30)/b13-11+. The van der Waals surface area contributed by atoms with Gasteiger partial charge in [-0.05, 0) is 42.2 Å². The number of nitrogens with zero attached hydrogens (tertiary/aromatic N) is 4. The summed E-state index contributed by atoms with van der Waals surface area (Å²) in [7, 11) is 3.18. The molecule has 4 aromatic rings. The molecule has 0 radical (unpaired) electrons. The van der Waals surface area contributed by atoms with Crippen LogP contribution in [-0.4, -0.2) is 45.9 Å². The summed E-state index contributed by atoms with van der Waals surface area (Å²) in [5.74, 6) is 1.82. The highest BCUT2D eigenvalue weighted by molar-refractivity contribution is 8.01. The number of hydrogen-bond donors (Lipinski definition) is 1. The predicted octanol–water partition coefficient (Wildman–Crippen LogP) is 5.17. The van der Waals surface area contributed by atoms with Crippen LogP contribution in [-0.2, 0) is 4.79 Å². The number of methoxy groups -OCH3 is 2. The number of amides is 1. The van der Waals surface area contributed by atoms with Crippen molar-refractivity contribution in [2.45, 2.75) is 11.3 Å². The Balaban J connectivity index is 1.65. The van der Waals surface area contributed by atoms with Crippen LogP contribution < -0.4 is 14.8 Å². The summed E-state index contributed by atoms with van der Waals surface area (Å²) in [6.45, 7) is 2.04. The van der Waals surface area contributed by atoms with Crippen molar-refractivity contribution in [3.05, 3.63) is 66.4 Å². The van der Waals surface area contributed by atoms with Gasteiger partial charge < -0.3 is 9.47 Å². The lowest BCUT2D eigenvalue weighted by atomic mass is 10.1. The van der Waals surface area contributed by atoms with Crippen LogP contribution in [0.5, 0.6) is 11.5 Å². The molecule has 2 heterocycles. The topological polar surface area (TPSA) is 91.2 Å². The quantitative estimate of drug-likeness (QED) is 0.195. The third-order valence-electron chi connectivity index (χ3n) is 4.74. The minimum atomic E-state index is -0.296. The van der Waals surface area contributed by atoms with E-state index in [1.165, 1.54) is 17.4 Å². The molecule has 1 amide bonds. The van der Waals surface area contributed by atoms with Gasteiger partial charge in [-0.1, -0.05) is 48.2 Å². The Bertz CT molecular complexity index is 1300. The van der Waals surface area contributed by atoms with Gasteiger partial charge in [-0.2, -0.15) is 5.10 Å². The number of nitrogens with one attached hydrogen (secondary N) is 1. The van der Waals surface area contributed by atoms with Crippen molar-refractivity contribution in [3.63, 3.8) is 0 Å². The molecule has 0 saturated heterocycles. The zero-order chi connectivity index (χ0) is 23.9. The first-order valence-electron chi connectivity index (χ1n) is 10.4. The van der Waals surface area contributed by atoms with Crippen molar-refractivity contribution < 1.29 is 14.3 Å². The first kappa shape index (κ1) is 23.5. The molecule has 0 aliphatic heterocycles. The van der Waals surface area contributed by atoms with Crippen molar-refractivity contribution in [1.82, 2.24) is 20.0 Å². The van der Waals surface area contributed by atoms with Crippen molar-refractivity contribution in [2.24, 2.45) is 0 Å².